The third kappa shape index (κ3) is 3.98. The molecule has 0 fully saturated rings. The van der Waals surface area contributed by atoms with E-state index >= 15 is 0 Å². The van der Waals surface area contributed by atoms with Gasteiger partial charge in [0.15, 0.2) is 6.61 Å². The van der Waals surface area contributed by atoms with Crippen LogP contribution in [0.5, 0.6) is 0 Å². The van der Waals surface area contributed by atoms with Crippen LogP contribution in [0, 0.1) is 12.7 Å². The van der Waals surface area contributed by atoms with Crippen molar-refractivity contribution >= 4 is 35.1 Å². The fourth-order valence-corrected chi connectivity index (χ4v) is 3.35. The van der Waals surface area contributed by atoms with Crippen molar-refractivity contribution in [2.75, 3.05) is 16.8 Å². The van der Waals surface area contributed by atoms with Crippen molar-refractivity contribution in [2.24, 2.45) is 0 Å². The Bertz CT molecular complexity index is 1250. The van der Waals surface area contributed by atoms with Crippen LogP contribution in [0.25, 0.3) is 0 Å². The summed E-state index contributed by atoms with van der Waals surface area (Å²) in [4.78, 5) is 51.1. The molecule has 0 radical (unpaired) electrons. The fraction of sp³-hybridized carbons (Fsp3) is 0.0833. The highest BCUT2D eigenvalue weighted by atomic mass is 19.1. The molecule has 0 spiro atoms. The minimum absolute atomic E-state index is 0.0334. The molecule has 0 aromatic heterocycles. The quantitative estimate of drug-likeness (QED) is 0.490. The van der Waals surface area contributed by atoms with E-state index < -0.39 is 36.1 Å². The summed E-state index contributed by atoms with van der Waals surface area (Å²) in [5, 5.41) is 2.47. The zero-order valence-corrected chi connectivity index (χ0v) is 16.9. The first-order valence-corrected chi connectivity index (χ1v) is 9.66. The molecular formula is C24H17FN2O5. The number of anilines is 2. The number of nitrogens with zero attached hydrogens (tertiary/aromatic N) is 1. The Morgan fingerprint density at radius 2 is 1.62 bits per heavy atom. The largest absolute Gasteiger partial charge is 0.452 e. The van der Waals surface area contributed by atoms with Gasteiger partial charge in [-0.3, -0.25) is 14.4 Å². The van der Waals surface area contributed by atoms with E-state index in [1.807, 2.05) is 0 Å². The fourth-order valence-electron chi connectivity index (χ4n) is 3.35. The molecule has 0 unspecified atom stereocenters. The van der Waals surface area contributed by atoms with Crippen LogP contribution >= 0.6 is 0 Å². The number of para-hydroxylation sites is 1. The Labute approximate surface area is 182 Å². The molecule has 1 N–H and O–H groups in total. The van der Waals surface area contributed by atoms with Gasteiger partial charge in [-0.25, -0.2) is 14.1 Å². The maximum atomic E-state index is 12.9. The van der Waals surface area contributed by atoms with E-state index in [9.17, 15) is 23.6 Å². The summed E-state index contributed by atoms with van der Waals surface area (Å²) in [6.07, 6.45) is 0. The molecule has 0 saturated carbocycles. The van der Waals surface area contributed by atoms with Crippen molar-refractivity contribution in [1.82, 2.24) is 0 Å². The van der Waals surface area contributed by atoms with Gasteiger partial charge < -0.3 is 10.1 Å². The molecule has 3 amide bonds. The lowest BCUT2D eigenvalue weighted by atomic mass is 10.1. The number of hydrogen-bond acceptors (Lipinski definition) is 5. The van der Waals surface area contributed by atoms with Gasteiger partial charge in [-0.1, -0.05) is 18.2 Å². The summed E-state index contributed by atoms with van der Waals surface area (Å²) in [7, 11) is 0. The Balaban J connectivity index is 1.46. The third-order valence-corrected chi connectivity index (χ3v) is 4.94. The first-order valence-electron chi connectivity index (χ1n) is 9.66. The molecule has 7 nitrogen and oxygen atoms in total. The number of aryl methyl sites for hydroxylation is 1. The van der Waals surface area contributed by atoms with Gasteiger partial charge in [0.1, 0.15) is 5.82 Å². The van der Waals surface area contributed by atoms with E-state index in [0.29, 0.717) is 11.4 Å². The van der Waals surface area contributed by atoms with Crippen LogP contribution in [0.15, 0.2) is 66.7 Å². The number of nitrogens with one attached hydrogen (secondary N) is 1. The highest BCUT2D eigenvalue weighted by molar-refractivity contribution is 6.34. The number of rotatable bonds is 5. The molecule has 32 heavy (non-hydrogen) atoms. The van der Waals surface area contributed by atoms with Crippen LogP contribution in [0.1, 0.15) is 36.6 Å². The molecule has 1 aliphatic rings. The molecule has 0 aliphatic carbocycles. The first kappa shape index (κ1) is 20.9. The average Bonchev–Trinajstić information content (AvgIpc) is 3.03. The number of carbonyl (C=O) groups is 4. The SMILES string of the molecule is Cc1ccccc1N1C(=O)c2ccc(C(=O)OCC(=O)Nc3ccc(F)cc3)cc2C1=O. The summed E-state index contributed by atoms with van der Waals surface area (Å²) in [5.74, 6) is -2.89. The zero-order chi connectivity index (χ0) is 22.8. The van der Waals surface area contributed by atoms with Crippen molar-refractivity contribution in [2.45, 2.75) is 6.92 Å². The van der Waals surface area contributed by atoms with Crippen molar-refractivity contribution < 1.29 is 28.3 Å². The van der Waals surface area contributed by atoms with E-state index in [1.165, 1.54) is 42.5 Å². The summed E-state index contributed by atoms with van der Waals surface area (Å²) in [6.45, 7) is 1.22. The van der Waals surface area contributed by atoms with Gasteiger partial charge in [-0.2, -0.15) is 0 Å². The zero-order valence-electron chi connectivity index (χ0n) is 16.9. The van der Waals surface area contributed by atoms with Crippen molar-refractivity contribution in [3.8, 4) is 0 Å². The Kier molecular flexibility index (Phi) is 5.51. The van der Waals surface area contributed by atoms with E-state index in [4.69, 9.17) is 4.74 Å². The van der Waals surface area contributed by atoms with Crippen LogP contribution in [0.2, 0.25) is 0 Å². The normalized spacial score (nSPS) is 12.5. The number of benzene rings is 3. The lowest BCUT2D eigenvalue weighted by Crippen LogP contribution is -2.29. The number of fused-ring (bicyclic) bond motifs is 1. The molecule has 8 heteroatoms. The van der Waals surface area contributed by atoms with Crippen LogP contribution in [-0.4, -0.2) is 30.3 Å². The van der Waals surface area contributed by atoms with Crippen molar-refractivity contribution in [3.05, 3.63) is 94.8 Å². The molecule has 3 aromatic carbocycles. The highest BCUT2D eigenvalue weighted by Gasteiger charge is 2.37. The summed E-state index contributed by atoms with van der Waals surface area (Å²) >= 11 is 0. The van der Waals surface area contributed by atoms with Gasteiger partial charge in [0.05, 0.1) is 22.4 Å². The Hall–Kier alpha value is -4.33. The number of amides is 3. The van der Waals surface area contributed by atoms with Gasteiger partial charge in [0, 0.05) is 5.69 Å². The number of hydrogen-bond donors (Lipinski definition) is 1. The Morgan fingerprint density at radius 1 is 0.938 bits per heavy atom. The number of imide groups is 1. The average molecular weight is 432 g/mol. The Morgan fingerprint density at radius 3 is 2.34 bits per heavy atom. The second-order valence-electron chi connectivity index (χ2n) is 7.12. The van der Waals surface area contributed by atoms with E-state index in [1.54, 1.807) is 31.2 Å². The molecule has 160 valence electrons. The lowest BCUT2D eigenvalue weighted by molar-refractivity contribution is -0.119. The highest BCUT2D eigenvalue weighted by Crippen LogP contribution is 2.31. The molecule has 0 saturated heterocycles. The summed E-state index contributed by atoms with van der Waals surface area (Å²) in [6, 6.07) is 16.2. The molecule has 1 heterocycles. The molecule has 1 aliphatic heterocycles. The maximum Gasteiger partial charge on any atom is 0.338 e. The van der Waals surface area contributed by atoms with Crippen LogP contribution in [0.4, 0.5) is 15.8 Å². The monoisotopic (exact) mass is 432 g/mol. The minimum Gasteiger partial charge on any atom is -0.452 e. The van der Waals surface area contributed by atoms with E-state index in [-0.39, 0.29) is 16.7 Å². The van der Waals surface area contributed by atoms with Crippen LogP contribution < -0.4 is 10.2 Å². The van der Waals surface area contributed by atoms with Gasteiger partial charge >= 0.3 is 5.97 Å². The van der Waals surface area contributed by atoms with Crippen LogP contribution in [0.3, 0.4) is 0 Å². The second-order valence-corrected chi connectivity index (χ2v) is 7.12. The van der Waals surface area contributed by atoms with E-state index in [0.717, 1.165) is 10.5 Å². The van der Waals surface area contributed by atoms with Gasteiger partial charge in [0.25, 0.3) is 17.7 Å². The molecule has 0 atom stereocenters. The van der Waals surface area contributed by atoms with Crippen molar-refractivity contribution in [3.63, 3.8) is 0 Å². The second kappa shape index (κ2) is 8.43. The standard InChI is InChI=1S/C24H17FN2O5/c1-14-4-2-3-5-20(14)27-22(29)18-11-6-15(12-19(18)23(27)30)24(31)32-13-21(28)26-17-9-7-16(25)8-10-17/h2-12H,13H2,1H3,(H,26,28). The summed E-state index contributed by atoms with van der Waals surface area (Å²) < 4.78 is 17.9. The summed E-state index contributed by atoms with van der Waals surface area (Å²) in [5.41, 5.74) is 1.89. The topological polar surface area (TPSA) is 92.8 Å². The first-order chi connectivity index (χ1) is 15.3. The number of halogens is 1. The molecular weight excluding hydrogens is 415 g/mol. The predicted octanol–water partition coefficient (Wildman–Crippen LogP) is 3.73. The predicted molar refractivity (Wildman–Crippen MR) is 114 cm³/mol. The molecule has 3 aromatic rings. The van der Waals surface area contributed by atoms with Gasteiger partial charge in [-0.05, 0) is 61.0 Å². The van der Waals surface area contributed by atoms with Crippen molar-refractivity contribution in [1.29, 1.82) is 0 Å². The van der Waals surface area contributed by atoms with Gasteiger partial charge in [0.2, 0.25) is 0 Å². The van der Waals surface area contributed by atoms with Gasteiger partial charge in [-0.15, -0.1) is 0 Å². The van der Waals surface area contributed by atoms with E-state index in [2.05, 4.69) is 5.32 Å². The maximum absolute atomic E-state index is 12.9. The number of carbonyl (C=O) groups excluding carboxylic acids is 4. The number of esters is 1. The number of ether oxygens (including phenoxy) is 1. The lowest BCUT2D eigenvalue weighted by Gasteiger charge is -2.16. The third-order valence-electron chi connectivity index (χ3n) is 4.94. The molecule has 4 rings (SSSR count). The molecule has 0 bridgehead atoms. The minimum atomic E-state index is -0.823. The smallest absolute Gasteiger partial charge is 0.338 e. The van der Waals surface area contributed by atoms with Crippen LogP contribution in [-0.2, 0) is 9.53 Å².